The molecule has 6 nitrogen and oxygen atoms in total. The van der Waals surface area contributed by atoms with E-state index >= 15 is 0 Å². The molecule has 0 unspecified atom stereocenters. The average Bonchev–Trinajstić information content (AvgIpc) is 2.99. The van der Waals surface area contributed by atoms with E-state index in [1.807, 2.05) is 6.07 Å². The molecule has 0 radical (unpaired) electrons. The van der Waals surface area contributed by atoms with Crippen LogP contribution in [0, 0.1) is 0 Å². The Morgan fingerprint density at radius 3 is 3.05 bits per heavy atom. The van der Waals surface area contributed by atoms with Crippen molar-refractivity contribution in [3.8, 4) is 0 Å². The van der Waals surface area contributed by atoms with Crippen LogP contribution in [0.5, 0.6) is 0 Å². The molecule has 2 heterocycles. The number of amides is 1. The minimum absolute atomic E-state index is 0.0519. The van der Waals surface area contributed by atoms with E-state index in [2.05, 4.69) is 5.16 Å². The summed E-state index contributed by atoms with van der Waals surface area (Å²) in [6.45, 7) is 1.84. The normalized spacial score (nSPS) is 21.7. The maximum atomic E-state index is 12.0. The van der Waals surface area contributed by atoms with Crippen LogP contribution in [0.1, 0.15) is 43.1 Å². The van der Waals surface area contributed by atoms with E-state index < -0.39 is 0 Å². The lowest BCUT2D eigenvalue weighted by molar-refractivity contribution is -0.136. The van der Waals surface area contributed by atoms with Crippen LogP contribution in [-0.2, 0) is 20.8 Å². The summed E-state index contributed by atoms with van der Waals surface area (Å²) in [7, 11) is 1.75. The van der Waals surface area contributed by atoms with Gasteiger partial charge in [-0.15, -0.1) is 0 Å². The fourth-order valence-electron chi connectivity index (χ4n) is 2.46. The molecular weight excluding hydrogens is 272 g/mol. The molecule has 1 aliphatic heterocycles. The van der Waals surface area contributed by atoms with E-state index in [1.165, 1.54) is 12.8 Å². The zero-order chi connectivity index (χ0) is 14.7. The summed E-state index contributed by atoms with van der Waals surface area (Å²) in [6.07, 6.45) is 4.62. The lowest BCUT2D eigenvalue weighted by Crippen LogP contribution is -2.31. The lowest BCUT2D eigenvalue weighted by Gasteiger charge is -2.16. The van der Waals surface area contributed by atoms with Crippen LogP contribution in [-0.4, -0.2) is 48.9 Å². The first-order chi connectivity index (χ1) is 10.2. The van der Waals surface area contributed by atoms with Crippen molar-refractivity contribution >= 4 is 5.91 Å². The molecule has 6 heteroatoms. The Labute approximate surface area is 124 Å². The standard InChI is InChI=1S/C15H22N2O4/c1-17(8-12-7-14(21-16-12)11-4-5-11)15(18)10-19-9-13-3-2-6-20-13/h7,11,13H,2-6,8-10H2,1H3/t13-/m1/s1. The molecule has 21 heavy (non-hydrogen) atoms. The second-order valence-corrected chi connectivity index (χ2v) is 5.89. The number of ether oxygens (including phenoxy) is 2. The van der Waals surface area contributed by atoms with Gasteiger partial charge in [0, 0.05) is 25.6 Å². The second-order valence-electron chi connectivity index (χ2n) is 5.89. The van der Waals surface area contributed by atoms with Crippen molar-refractivity contribution in [1.29, 1.82) is 0 Å². The van der Waals surface area contributed by atoms with Crippen molar-refractivity contribution < 1.29 is 18.8 Å². The molecule has 1 saturated heterocycles. The molecule has 0 bridgehead atoms. The van der Waals surface area contributed by atoms with Gasteiger partial charge in [0.1, 0.15) is 18.1 Å². The number of nitrogens with zero attached hydrogens (tertiary/aromatic N) is 2. The van der Waals surface area contributed by atoms with Gasteiger partial charge in [0.25, 0.3) is 0 Å². The van der Waals surface area contributed by atoms with Crippen LogP contribution in [0.15, 0.2) is 10.6 Å². The van der Waals surface area contributed by atoms with Gasteiger partial charge in [-0.3, -0.25) is 4.79 Å². The van der Waals surface area contributed by atoms with Crippen LogP contribution in [0.4, 0.5) is 0 Å². The number of hydrogen-bond donors (Lipinski definition) is 0. The zero-order valence-electron chi connectivity index (χ0n) is 12.4. The quantitative estimate of drug-likeness (QED) is 0.766. The maximum absolute atomic E-state index is 12.0. The third kappa shape index (κ3) is 4.04. The van der Waals surface area contributed by atoms with E-state index in [0.29, 0.717) is 19.1 Å². The van der Waals surface area contributed by atoms with E-state index in [-0.39, 0.29) is 18.6 Å². The molecule has 2 fully saturated rings. The number of carbonyl (C=O) groups is 1. The average molecular weight is 294 g/mol. The van der Waals surface area contributed by atoms with E-state index in [4.69, 9.17) is 14.0 Å². The molecule has 1 aromatic heterocycles. The Balaban J connectivity index is 1.38. The van der Waals surface area contributed by atoms with Crippen LogP contribution in [0.25, 0.3) is 0 Å². The van der Waals surface area contributed by atoms with Gasteiger partial charge in [-0.1, -0.05) is 5.16 Å². The monoisotopic (exact) mass is 294 g/mol. The lowest BCUT2D eigenvalue weighted by atomic mass is 10.2. The molecule has 2 aliphatic rings. The number of carbonyl (C=O) groups excluding carboxylic acids is 1. The molecule has 1 aliphatic carbocycles. The Morgan fingerprint density at radius 2 is 2.33 bits per heavy atom. The smallest absolute Gasteiger partial charge is 0.248 e. The highest BCUT2D eigenvalue weighted by atomic mass is 16.5. The minimum atomic E-state index is -0.0519. The van der Waals surface area contributed by atoms with Crippen molar-refractivity contribution in [3.63, 3.8) is 0 Å². The van der Waals surface area contributed by atoms with Crippen molar-refractivity contribution in [3.05, 3.63) is 17.5 Å². The largest absolute Gasteiger partial charge is 0.376 e. The van der Waals surface area contributed by atoms with Gasteiger partial charge in [-0.05, 0) is 25.7 Å². The molecule has 1 aromatic rings. The van der Waals surface area contributed by atoms with Gasteiger partial charge < -0.3 is 18.9 Å². The summed E-state index contributed by atoms with van der Waals surface area (Å²) >= 11 is 0. The molecule has 0 spiro atoms. The van der Waals surface area contributed by atoms with Crippen molar-refractivity contribution in [2.45, 2.75) is 44.2 Å². The van der Waals surface area contributed by atoms with Crippen molar-refractivity contribution in [2.75, 3.05) is 26.9 Å². The van der Waals surface area contributed by atoms with Gasteiger partial charge in [-0.25, -0.2) is 0 Å². The van der Waals surface area contributed by atoms with Crippen molar-refractivity contribution in [2.24, 2.45) is 0 Å². The van der Waals surface area contributed by atoms with E-state index in [0.717, 1.165) is 30.9 Å². The highest BCUT2D eigenvalue weighted by Crippen LogP contribution is 2.40. The summed E-state index contributed by atoms with van der Waals surface area (Å²) in [5.74, 6) is 1.44. The number of aromatic nitrogens is 1. The molecule has 0 aromatic carbocycles. The molecular formula is C15H22N2O4. The second kappa shape index (κ2) is 6.58. The van der Waals surface area contributed by atoms with Gasteiger partial charge >= 0.3 is 0 Å². The fourth-order valence-corrected chi connectivity index (χ4v) is 2.46. The van der Waals surface area contributed by atoms with Gasteiger partial charge in [0.15, 0.2) is 0 Å². The Kier molecular flexibility index (Phi) is 4.55. The molecule has 1 atom stereocenters. The van der Waals surface area contributed by atoms with Crippen LogP contribution >= 0.6 is 0 Å². The predicted molar refractivity (Wildman–Crippen MR) is 74.7 cm³/mol. The topological polar surface area (TPSA) is 64.8 Å². The summed E-state index contributed by atoms with van der Waals surface area (Å²) in [6, 6.07) is 1.95. The van der Waals surface area contributed by atoms with Gasteiger partial charge in [0.2, 0.25) is 5.91 Å². The van der Waals surface area contributed by atoms with Gasteiger partial charge in [0.05, 0.1) is 19.3 Å². The fraction of sp³-hybridized carbons (Fsp3) is 0.733. The summed E-state index contributed by atoms with van der Waals surface area (Å²) < 4.78 is 16.2. The number of likely N-dealkylation sites (N-methyl/N-ethyl adjacent to an activating group) is 1. The summed E-state index contributed by atoms with van der Waals surface area (Å²) in [5.41, 5.74) is 0.798. The van der Waals surface area contributed by atoms with E-state index in [9.17, 15) is 4.79 Å². The van der Waals surface area contributed by atoms with E-state index in [1.54, 1.807) is 11.9 Å². The molecule has 116 valence electrons. The molecule has 0 N–H and O–H groups in total. The minimum Gasteiger partial charge on any atom is -0.376 e. The van der Waals surface area contributed by atoms with Crippen LogP contribution in [0.2, 0.25) is 0 Å². The number of rotatable bonds is 7. The van der Waals surface area contributed by atoms with Crippen molar-refractivity contribution in [1.82, 2.24) is 10.1 Å². The first kappa shape index (κ1) is 14.5. The predicted octanol–water partition coefficient (Wildman–Crippen LogP) is 1.71. The molecule has 3 rings (SSSR count). The SMILES string of the molecule is CN(Cc1cc(C2CC2)on1)C(=O)COC[C@H]1CCCO1. The van der Waals surface area contributed by atoms with Gasteiger partial charge in [-0.2, -0.15) is 0 Å². The highest BCUT2D eigenvalue weighted by Gasteiger charge is 2.28. The number of hydrogen-bond acceptors (Lipinski definition) is 5. The highest BCUT2D eigenvalue weighted by molar-refractivity contribution is 5.77. The summed E-state index contributed by atoms with van der Waals surface area (Å²) in [5, 5.41) is 4.01. The Bertz CT molecular complexity index is 478. The first-order valence-corrected chi connectivity index (χ1v) is 7.61. The zero-order valence-corrected chi connectivity index (χ0v) is 12.4. The van der Waals surface area contributed by atoms with Crippen LogP contribution < -0.4 is 0 Å². The third-order valence-corrected chi connectivity index (χ3v) is 3.94. The maximum Gasteiger partial charge on any atom is 0.248 e. The van der Waals surface area contributed by atoms with Crippen LogP contribution in [0.3, 0.4) is 0 Å². The molecule has 1 saturated carbocycles. The first-order valence-electron chi connectivity index (χ1n) is 7.61. The summed E-state index contributed by atoms with van der Waals surface area (Å²) in [4.78, 5) is 13.6. The Hall–Kier alpha value is -1.40. The third-order valence-electron chi connectivity index (χ3n) is 3.94. The molecule has 1 amide bonds. The Morgan fingerprint density at radius 1 is 1.48 bits per heavy atom.